The van der Waals surface area contributed by atoms with Gasteiger partial charge in [-0.3, -0.25) is 29.5 Å². The van der Waals surface area contributed by atoms with Crippen molar-refractivity contribution in [1.29, 1.82) is 0 Å². The second-order valence-electron chi connectivity index (χ2n) is 14.2. The summed E-state index contributed by atoms with van der Waals surface area (Å²) in [6.07, 6.45) is -1.93. The molecule has 1 saturated carbocycles. The fourth-order valence-electron chi connectivity index (χ4n) is 9.05. The van der Waals surface area contributed by atoms with E-state index in [0.717, 1.165) is 5.56 Å². The van der Waals surface area contributed by atoms with E-state index < -0.39 is 69.5 Å². The Morgan fingerprint density at radius 1 is 0.891 bits per heavy atom. The number of aromatic hydroxyl groups is 2. The van der Waals surface area contributed by atoms with Crippen LogP contribution < -0.4 is 5.43 Å². The number of phenols is 2. The van der Waals surface area contributed by atoms with Gasteiger partial charge >= 0.3 is 6.18 Å². The maximum atomic E-state index is 15.2. The van der Waals surface area contributed by atoms with Crippen LogP contribution in [0.4, 0.5) is 19.0 Å². The first-order valence-electron chi connectivity index (χ1n) is 17.5. The van der Waals surface area contributed by atoms with Crippen LogP contribution in [0.1, 0.15) is 41.0 Å². The summed E-state index contributed by atoms with van der Waals surface area (Å²) in [5.41, 5.74) is 1.77. The third-order valence-electron chi connectivity index (χ3n) is 11.5. The van der Waals surface area contributed by atoms with Crippen LogP contribution in [0.5, 0.6) is 11.5 Å². The molecule has 4 amide bonds. The molecule has 2 aliphatic heterocycles. The highest BCUT2D eigenvalue weighted by Crippen LogP contribution is 2.65. The fraction of sp³-hybridized carbons (Fsp3) is 0.275. The molecule has 0 bridgehead atoms. The average Bonchev–Trinajstić information content (AvgIpc) is 3.52. The minimum Gasteiger partial charge on any atom is -0.508 e. The van der Waals surface area contributed by atoms with Gasteiger partial charge in [-0.05, 0) is 72.7 Å². The Bertz CT molecular complexity index is 2290. The number of hydrogen-bond acceptors (Lipinski definition) is 8. The number of anilines is 1. The zero-order valence-electron chi connectivity index (χ0n) is 28.6. The predicted molar refractivity (Wildman–Crippen MR) is 194 cm³/mol. The number of alkyl halides is 3. The highest BCUT2D eigenvalue weighted by atomic mass is 35.5. The number of hydrazine groups is 1. The summed E-state index contributed by atoms with van der Waals surface area (Å²) in [5.74, 6) is -7.36. The van der Waals surface area contributed by atoms with Gasteiger partial charge in [0.1, 0.15) is 11.5 Å². The van der Waals surface area contributed by atoms with Gasteiger partial charge in [0.2, 0.25) is 11.8 Å². The number of phenolic OH excluding ortho intramolecular Hbond substituents is 2. The minimum atomic E-state index is -4.75. The second kappa shape index (κ2) is 13.4. The molecule has 0 radical (unpaired) electrons. The molecule has 15 heteroatoms. The molecule has 0 spiro atoms. The number of halogens is 5. The van der Waals surface area contributed by atoms with Gasteiger partial charge in [-0.2, -0.15) is 18.2 Å². The molecule has 1 aromatic heterocycles. The van der Waals surface area contributed by atoms with Gasteiger partial charge in [-0.15, -0.1) is 0 Å². The van der Waals surface area contributed by atoms with E-state index in [4.69, 9.17) is 23.2 Å². The normalized spacial score (nSPS) is 26.1. The number of nitrogens with one attached hydrogen (secondary N) is 1. The van der Waals surface area contributed by atoms with Crippen LogP contribution >= 0.6 is 23.2 Å². The molecule has 2 aliphatic carbocycles. The molecule has 6 atom stereocenters. The van der Waals surface area contributed by atoms with Crippen LogP contribution in [0.2, 0.25) is 10.0 Å². The molecule has 2 saturated heterocycles. The Hall–Kier alpha value is -5.40. The molecule has 6 unspecified atom stereocenters. The number of fused-ring (bicyclic) bond motifs is 4. The number of imide groups is 2. The largest absolute Gasteiger partial charge is 0.508 e. The monoisotopic (exact) mass is 790 g/mol. The van der Waals surface area contributed by atoms with Crippen molar-refractivity contribution in [3.8, 4) is 11.5 Å². The van der Waals surface area contributed by atoms with E-state index in [0.29, 0.717) is 45.4 Å². The number of hydrogen-bond donors (Lipinski definition) is 3. The van der Waals surface area contributed by atoms with E-state index in [1.54, 1.807) is 54.6 Å². The molecule has 3 aromatic carbocycles. The highest BCUT2D eigenvalue weighted by Gasteiger charge is 2.70. The summed E-state index contributed by atoms with van der Waals surface area (Å²) in [4.78, 5) is 63.3. The molecule has 4 aliphatic rings. The summed E-state index contributed by atoms with van der Waals surface area (Å²) in [7, 11) is 0. The Kier molecular flexibility index (Phi) is 8.92. The lowest BCUT2D eigenvalue weighted by Crippen LogP contribution is -2.53. The lowest BCUT2D eigenvalue weighted by Gasteiger charge is -2.50. The minimum absolute atomic E-state index is 0.0541. The summed E-state index contributed by atoms with van der Waals surface area (Å²) in [6.45, 7) is 0.0918. The zero-order valence-corrected chi connectivity index (χ0v) is 30.1. The third kappa shape index (κ3) is 5.83. The number of rotatable bonds is 7. The Labute approximate surface area is 322 Å². The Morgan fingerprint density at radius 2 is 1.60 bits per heavy atom. The van der Waals surface area contributed by atoms with Crippen LogP contribution in [-0.2, 0) is 37.2 Å². The maximum absolute atomic E-state index is 15.2. The van der Waals surface area contributed by atoms with Crippen LogP contribution in [0.25, 0.3) is 0 Å². The lowest BCUT2D eigenvalue weighted by atomic mass is 9.49. The van der Waals surface area contributed by atoms with Crippen molar-refractivity contribution in [3.05, 3.63) is 129 Å². The van der Waals surface area contributed by atoms with Crippen molar-refractivity contribution < 1.29 is 42.6 Å². The summed E-state index contributed by atoms with van der Waals surface area (Å²) >= 11 is 12.5. The van der Waals surface area contributed by atoms with E-state index in [1.807, 2.05) is 6.08 Å². The number of carbonyl (C=O) groups excluding carboxylic acids is 4. The van der Waals surface area contributed by atoms with Crippen molar-refractivity contribution in [3.63, 3.8) is 0 Å². The zero-order chi connectivity index (χ0) is 39.0. The van der Waals surface area contributed by atoms with Crippen molar-refractivity contribution in [1.82, 2.24) is 14.9 Å². The number of carbonyl (C=O) groups is 4. The van der Waals surface area contributed by atoms with Gasteiger partial charge in [-0.25, -0.2) is 4.98 Å². The number of nitrogens with zero attached hydrogens (tertiary/aromatic N) is 3. The van der Waals surface area contributed by atoms with Crippen molar-refractivity contribution >= 4 is 52.6 Å². The number of benzene rings is 3. The molecule has 10 nitrogen and oxygen atoms in total. The number of pyridine rings is 1. The van der Waals surface area contributed by atoms with Gasteiger partial charge in [0.15, 0.2) is 5.82 Å². The lowest BCUT2D eigenvalue weighted by molar-refractivity contribution is -0.141. The van der Waals surface area contributed by atoms with E-state index >= 15 is 4.79 Å². The first-order chi connectivity index (χ1) is 26.2. The smallest absolute Gasteiger partial charge is 0.417 e. The van der Waals surface area contributed by atoms with Crippen LogP contribution in [-0.4, -0.2) is 55.3 Å². The number of aromatic nitrogens is 1. The molecule has 3 heterocycles. The predicted octanol–water partition coefficient (Wildman–Crippen LogP) is 7.05. The van der Waals surface area contributed by atoms with Crippen LogP contribution in [0, 0.1) is 23.7 Å². The van der Waals surface area contributed by atoms with E-state index in [2.05, 4.69) is 10.4 Å². The molecule has 8 rings (SSSR count). The number of allylic oxidation sites excluding steroid dienone is 2. The first-order valence-corrected chi connectivity index (χ1v) is 18.2. The van der Waals surface area contributed by atoms with Gasteiger partial charge in [0, 0.05) is 29.2 Å². The number of likely N-dealkylation sites (tertiary alicyclic amines) is 1. The molecule has 3 fully saturated rings. The van der Waals surface area contributed by atoms with Crippen LogP contribution in [0.15, 0.2) is 96.7 Å². The van der Waals surface area contributed by atoms with E-state index in [-0.39, 0.29) is 42.6 Å². The molecular weight excluding hydrogens is 760 g/mol. The maximum Gasteiger partial charge on any atom is 0.417 e. The summed E-state index contributed by atoms with van der Waals surface area (Å²) in [6, 6.07) is 19.8. The third-order valence-corrected chi connectivity index (χ3v) is 12.0. The second-order valence-corrected chi connectivity index (χ2v) is 15.1. The number of para-hydroxylation sites is 1. The van der Waals surface area contributed by atoms with Gasteiger partial charge in [0.05, 0.1) is 33.8 Å². The fourth-order valence-corrected chi connectivity index (χ4v) is 9.38. The first kappa shape index (κ1) is 36.6. The van der Waals surface area contributed by atoms with E-state index in [1.165, 1.54) is 23.1 Å². The molecular formula is C40H31Cl2F3N4O6. The SMILES string of the molecule is O=C1C2CC=C3C(CC4C(=O)N(Nc5ncc(C(F)(F)F)cc5Cl)C(=O)C4(c4ccc(Cl)cc4)C3c3ccccc3O)C2C(=O)N1CCc1ccc(O)cc1. The van der Waals surface area contributed by atoms with Gasteiger partial charge < -0.3 is 10.2 Å². The van der Waals surface area contributed by atoms with Gasteiger partial charge in [0.25, 0.3) is 11.8 Å². The highest BCUT2D eigenvalue weighted by molar-refractivity contribution is 6.33. The Morgan fingerprint density at radius 3 is 2.27 bits per heavy atom. The van der Waals surface area contributed by atoms with Crippen molar-refractivity contribution in [2.45, 2.75) is 36.8 Å². The standard InChI is InChI=1S/C40H31Cl2F3N4O6/c41-23-9-7-21(8-10-23)39-29(36(53)49(38(39)55)47-34-30(42)17-22(19-46-34)40(43,44)45)18-28-25(33(39)26-3-1-2-4-31(26)51)13-14-27-32(28)37(54)48(35(27)52)16-15-20-5-11-24(50)12-6-20/h1-13,17,19,27-29,32-33,50-51H,14-16,18H2,(H,46,47). The van der Waals surface area contributed by atoms with Gasteiger partial charge in [-0.1, -0.05) is 77.3 Å². The average molecular weight is 792 g/mol. The quantitative estimate of drug-likeness (QED) is 0.134. The topological polar surface area (TPSA) is 140 Å². The van der Waals surface area contributed by atoms with Crippen molar-refractivity contribution in [2.24, 2.45) is 23.7 Å². The molecule has 4 aromatic rings. The van der Waals surface area contributed by atoms with E-state index in [9.17, 15) is 37.8 Å². The molecule has 3 N–H and O–H groups in total. The summed E-state index contributed by atoms with van der Waals surface area (Å²) in [5, 5.41) is 21.7. The summed E-state index contributed by atoms with van der Waals surface area (Å²) < 4.78 is 40.4. The Balaban J connectivity index is 1.25. The molecule has 282 valence electrons. The van der Waals surface area contributed by atoms with Crippen LogP contribution in [0.3, 0.4) is 0 Å². The number of amides is 4. The molecule has 55 heavy (non-hydrogen) atoms. The van der Waals surface area contributed by atoms with Crippen molar-refractivity contribution in [2.75, 3.05) is 12.0 Å².